The highest BCUT2D eigenvalue weighted by Gasteiger charge is 2.20. The van der Waals surface area contributed by atoms with Crippen molar-refractivity contribution in [1.29, 1.82) is 0 Å². The Kier molecular flexibility index (Phi) is 5.17. The van der Waals surface area contributed by atoms with E-state index in [1.165, 1.54) is 53.2 Å². The highest BCUT2D eigenvalue weighted by atomic mass is 16.6. The van der Waals surface area contributed by atoms with Crippen LogP contribution in [0.1, 0.15) is 26.5 Å². The quantitative estimate of drug-likeness (QED) is 0.498. The normalized spacial score (nSPS) is 10.4. The zero-order chi connectivity index (χ0) is 21.1. The number of amides is 2. The maximum Gasteiger partial charge on any atom is 0.294 e. The number of nitrogens with two attached hydrogens (primary N) is 1. The molecule has 0 aliphatic rings. The fraction of sp³-hybridized carbons (Fsp3) is 0.0526. The lowest BCUT2D eigenvalue weighted by Gasteiger charge is -2.11. The van der Waals surface area contributed by atoms with E-state index in [1.807, 2.05) is 0 Å². The van der Waals surface area contributed by atoms with E-state index in [0.29, 0.717) is 11.4 Å². The number of aryl methyl sites for hydroxylation is 1. The molecule has 10 nitrogen and oxygen atoms in total. The van der Waals surface area contributed by atoms with E-state index >= 15 is 0 Å². The van der Waals surface area contributed by atoms with Gasteiger partial charge in [0, 0.05) is 29.1 Å². The van der Waals surface area contributed by atoms with Gasteiger partial charge in [-0.05, 0) is 37.3 Å². The van der Waals surface area contributed by atoms with Gasteiger partial charge in [0.25, 0.3) is 11.6 Å². The fourth-order valence-electron chi connectivity index (χ4n) is 2.65. The smallest absolute Gasteiger partial charge is 0.294 e. The molecule has 29 heavy (non-hydrogen) atoms. The van der Waals surface area contributed by atoms with Crippen LogP contribution in [0.4, 0.5) is 11.4 Å². The summed E-state index contributed by atoms with van der Waals surface area (Å²) < 4.78 is 1.17. The summed E-state index contributed by atoms with van der Waals surface area (Å²) in [6.07, 6.45) is 0. The summed E-state index contributed by atoms with van der Waals surface area (Å²) in [6, 6.07) is 12.8. The minimum atomic E-state index is -0.797. The molecule has 0 saturated heterocycles. The Morgan fingerprint density at radius 2 is 1.79 bits per heavy atom. The maximum atomic E-state index is 12.6. The van der Waals surface area contributed by atoms with Crippen LogP contribution in [-0.2, 0) is 0 Å². The van der Waals surface area contributed by atoms with E-state index in [9.17, 15) is 24.5 Å². The number of para-hydroxylation sites is 2. The van der Waals surface area contributed by atoms with Gasteiger partial charge in [-0.2, -0.15) is 5.10 Å². The highest BCUT2D eigenvalue weighted by Crippen LogP contribution is 2.22. The SMILES string of the molecule is Cc1cc(=O)c(C(=O)Nc2ccc(C(N)=O)cc2)nn1-c1ccccc1[N+](=O)[O-]. The molecule has 2 aromatic carbocycles. The second-order valence-corrected chi connectivity index (χ2v) is 6.05. The molecule has 0 atom stereocenters. The number of nitrogens with zero attached hydrogens (tertiary/aromatic N) is 3. The Morgan fingerprint density at radius 1 is 1.14 bits per heavy atom. The van der Waals surface area contributed by atoms with Gasteiger partial charge in [0.2, 0.25) is 11.3 Å². The molecule has 0 aliphatic heterocycles. The van der Waals surface area contributed by atoms with E-state index in [4.69, 9.17) is 5.73 Å². The van der Waals surface area contributed by atoms with Crippen molar-refractivity contribution in [3.8, 4) is 5.69 Å². The number of aromatic nitrogens is 2. The van der Waals surface area contributed by atoms with Crippen molar-refractivity contribution in [2.24, 2.45) is 5.73 Å². The van der Waals surface area contributed by atoms with Crippen LogP contribution in [0.5, 0.6) is 0 Å². The summed E-state index contributed by atoms with van der Waals surface area (Å²) in [7, 11) is 0. The number of nitro groups is 1. The fourth-order valence-corrected chi connectivity index (χ4v) is 2.65. The van der Waals surface area contributed by atoms with Crippen LogP contribution in [0, 0.1) is 17.0 Å². The van der Waals surface area contributed by atoms with Gasteiger partial charge in [0.15, 0.2) is 5.69 Å². The van der Waals surface area contributed by atoms with Crippen LogP contribution in [-0.4, -0.2) is 26.5 Å². The van der Waals surface area contributed by atoms with Crippen molar-refractivity contribution in [1.82, 2.24) is 9.78 Å². The Morgan fingerprint density at radius 3 is 2.41 bits per heavy atom. The van der Waals surface area contributed by atoms with Gasteiger partial charge in [-0.3, -0.25) is 24.5 Å². The first-order valence-corrected chi connectivity index (χ1v) is 8.34. The van der Waals surface area contributed by atoms with Crippen LogP contribution in [0.25, 0.3) is 5.69 Å². The molecule has 3 rings (SSSR count). The number of benzene rings is 2. The Bertz CT molecular complexity index is 1180. The predicted molar refractivity (Wildman–Crippen MR) is 104 cm³/mol. The van der Waals surface area contributed by atoms with E-state index in [2.05, 4.69) is 10.4 Å². The molecule has 0 aliphatic carbocycles. The minimum Gasteiger partial charge on any atom is -0.366 e. The number of hydrogen-bond acceptors (Lipinski definition) is 6. The average Bonchev–Trinajstić information content (AvgIpc) is 2.68. The lowest BCUT2D eigenvalue weighted by atomic mass is 10.2. The van der Waals surface area contributed by atoms with Crippen LogP contribution in [0.15, 0.2) is 59.4 Å². The molecule has 0 fully saturated rings. The average molecular weight is 393 g/mol. The number of primary amides is 1. The van der Waals surface area contributed by atoms with Crippen molar-refractivity contribution >= 4 is 23.2 Å². The molecule has 3 N–H and O–H groups in total. The zero-order valence-electron chi connectivity index (χ0n) is 15.2. The van der Waals surface area contributed by atoms with Crippen LogP contribution >= 0.6 is 0 Å². The Balaban J connectivity index is 1.99. The van der Waals surface area contributed by atoms with E-state index in [-0.39, 0.29) is 16.9 Å². The summed E-state index contributed by atoms with van der Waals surface area (Å²) in [6.45, 7) is 1.55. The number of nitro benzene ring substituents is 1. The van der Waals surface area contributed by atoms with Crippen LogP contribution in [0.3, 0.4) is 0 Å². The summed E-state index contributed by atoms with van der Waals surface area (Å²) in [5, 5.41) is 17.8. The molecule has 146 valence electrons. The monoisotopic (exact) mass is 393 g/mol. The van der Waals surface area contributed by atoms with Gasteiger partial charge in [0.1, 0.15) is 5.69 Å². The predicted octanol–water partition coefficient (Wildman–Crippen LogP) is 1.80. The molecular weight excluding hydrogens is 378 g/mol. The summed E-state index contributed by atoms with van der Waals surface area (Å²) in [4.78, 5) is 46.7. The second kappa shape index (κ2) is 7.72. The molecule has 1 heterocycles. The molecule has 0 saturated carbocycles. The Hall–Kier alpha value is -4.34. The molecule has 1 aromatic heterocycles. The van der Waals surface area contributed by atoms with Crippen LogP contribution < -0.4 is 16.5 Å². The molecule has 10 heteroatoms. The number of carbonyl (C=O) groups excluding carboxylic acids is 2. The molecule has 0 radical (unpaired) electrons. The van der Waals surface area contributed by atoms with Crippen molar-refractivity contribution in [3.63, 3.8) is 0 Å². The summed E-state index contributed by atoms with van der Waals surface area (Å²) in [5.41, 5.74) is 4.90. The third-order valence-corrected chi connectivity index (χ3v) is 4.06. The molecule has 2 amide bonds. The third kappa shape index (κ3) is 4.00. The maximum absolute atomic E-state index is 12.6. The minimum absolute atomic E-state index is 0.120. The van der Waals surface area contributed by atoms with Gasteiger partial charge in [-0.1, -0.05) is 12.1 Å². The van der Waals surface area contributed by atoms with E-state index in [0.717, 1.165) is 0 Å². The molecule has 3 aromatic rings. The second-order valence-electron chi connectivity index (χ2n) is 6.05. The largest absolute Gasteiger partial charge is 0.366 e. The first kappa shape index (κ1) is 19.4. The van der Waals surface area contributed by atoms with Gasteiger partial charge >= 0.3 is 0 Å². The first-order chi connectivity index (χ1) is 13.8. The first-order valence-electron chi connectivity index (χ1n) is 8.34. The van der Waals surface area contributed by atoms with Crippen LogP contribution in [0.2, 0.25) is 0 Å². The van der Waals surface area contributed by atoms with E-state index in [1.54, 1.807) is 13.0 Å². The van der Waals surface area contributed by atoms with Gasteiger partial charge in [-0.15, -0.1) is 0 Å². The Labute approximate surface area is 163 Å². The summed E-state index contributed by atoms with van der Waals surface area (Å²) >= 11 is 0. The molecule has 0 spiro atoms. The van der Waals surface area contributed by atoms with Gasteiger partial charge in [0.05, 0.1) is 4.92 Å². The molecule has 0 bridgehead atoms. The molecular formula is C19H15N5O5. The van der Waals surface area contributed by atoms with Crippen molar-refractivity contribution < 1.29 is 14.5 Å². The van der Waals surface area contributed by atoms with Crippen molar-refractivity contribution in [3.05, 3.63) is 91.9 Å². The standard InChI is InChI=1S/C19H15N5O5/c1-11-10-16(25)17(19(27)21-13-8-6-12(7-9-13)18(20)26)22-23(11)14-4-2-3-5-15(14)24(28)29/h2-10H,1H3,(H2,20,26)(H,21,27). The van der Waals surface area contributed by atoms with Gasteiger partial charge < -0.3 is 11.1 Å². The summed E-state index contributed by atoms with van der Waals surface area (Å²) in [5.74, 6) is -1.41. The topological polar surface area (TPSA) is 150 Å². The third-order valence-electron chi connectivity index (χ3n) is 4.06. The number of hydrogen-bond donors (Lipinski definition) is 2. The lowest BCUT2D eigenvalue weighted by molar-refractivity contribution is -0.384. The highest BCUT2D eigenvalue weighted by molar-refractivity contribution is 6.03. The van der Waals surface area contributed by atoms with Crippen molar-refractivity contribution in [2.75, 3.05) is 5.32 Å². The number of nitrogens with one attached hydrogen (secondary N) is 1. The zero-order valence-corrected chi connectivity index (χ0v) is 15.2. The number of anilines is 1. The van der Waals surface area contributed by atoms with E-state index < -0.39 is 27.9 Å². The lowest BCUT2D eigenvalue weighted by Crippen LogP contribution is -2.27. The number of rotatable bonds is 5. The number of carbonyl (C=O) groups is 2. The molecule has 0 unspecified atom stereocenters. The van der Waals surface area contributed by atoms with Gasteiger partial charge in [-0.25, -0.2) is 4.68 Å². The van der Waals surface area contributed by atoms with Crippen molar-refractivity contribution in [2.45, 2.75) is 6.92 Å².